The summed E-state index contributed by atoms with van der Waals surface area (Å²) in [5.74, 6) is 7.33. The van der Waals surface area contributed by atoms with E-state index in [2.05, 4.69) is 18.8 Å². The molecule has 0 nitrogen and oxygen atoms in total. The third-order valence-electron chi connectivity index (χ3n) is 1.06. The molecular weight excluding hydrogens is 115 g/mol. The molecule has 48 valence electrons. The minimum absolute atomic E-state index is 0. The van der Waals surface area contributed by atoms with Crippen molar-refractivity contribution >= 4 is 0 Å². The molecule has 0 amide bonds. The van der Waals surface area contributed by atoms with Crippen LogP contribution in [-0.4, -0.2) is 0 Å². The van der Waals surface area contributed by atoms with E-state index in [4.69, 9.17) is 6.42 Å². The fraction of sp³-hybridized carbons (Fsp3) is 0.556. The summed E-state index contributed by atoms with van der Waals surface area (Å²) in [5, 5.41) is 0. The molecule has 0 aromatic rings. The van der Waals surface area contributed by atoms with Gasteiger partial charge in [-0.3, -0.25) is 11.8 Å². The fourth-order valence-electron chi connectivity index (χ4n) is 0.570. The number of hydrogen-bond donors (Lipinski definition) is 0. The maximum absolute atomic E-state index is 6.46. The Kier molecular flexibility index (Phi) is 14.3. The Morgan fingerprint density at radius 3 is 2.50 bits per heavy atom. The van der Waals surface area contributed by atoms with E-state index in [-0.39, 0.29) is 18.9 Å². The summed E-state index contributed by atoms with van der Waals surface area (Å²) in [5.41, 5.74) is 0. The average molecular weight is 126 g/mol. The zero-order valence-corrected chi connectivity index (χ0v) is 6.83. The molecule has 1 heteroatoms. The second kappa shape index (κ2) is 11.5. The van der Waals surface area contributed by atoms with Crippen molar-refractivity contribution in [2.24, 2.45) is 0 Å². The van der Waals surface area contributed by atoms with E-state index in [1.807, 2.05) is 5.92 Å². The summed E-state index contributed by atoms with van der Waals surface area (Å²) in [4.78, 5) is 0. The Hall–Kier alpha value is -0.283. The Morgan fingerprint density at radius 2 is 2.00 bits per heavy atom. The molecule has 0 radical (unpaired) electrons. The maximum atomic E-state index is 6.46. The standard InChI is InChI=1S/C9H11.Li/c1-3-5-7-9-8-6-4-2;/h3,5,7,9H2,1H3;/q-1;+1. The molecule has 0 aliphatic heterocycles. The van der Waals surface area contributed by atoms with Crippen molar-refractivity contribution in [3.8, 4) is 17.8 Å². The first-order valence-corrected chi connectivity index (χ1v) is 3.31. The molecule has 0 spiro atoms. The Labute approximate surface area is 76.0 Å². The van der Waals surface area contributed by atoms with E-state index >= 15 is 0 Å². The minimum Gasteiger partial charge on any atom is -0.358 e. The molecule has 0 fully saturated rings. The van der Waals surface area contributed by atoms with Crippen molar-refractivity contribution in [2.45, 2.75) is 32.6 Å². The van der Waals surface area contributed by atoms with Crippen LogP contribution in [0.2, 0.25) is 0 Å². The van der Waals surface area contributed by atoms with Crippen LogP contribution in [0.4, 0.5) is 0 Å². The van der Waals surface area contributed by atoms with E-state index in [0.29, 0.717) is 0 Å². The minimum atomic E-state index is 0. The molecule has 0 aliphatic rings. The van der Waals surface area contributed by atoms with Gasteiger partial charge in [-0.25, -0.2) is 5.92 Å². The van der Waals surface area contributed by atoms with Gasteiger partial charge in [0.1, 0.15) is 0 Å². The molecule has 0 rings (SSSR count). The Balaban J connectivity index is 0. The van der Waals surface area contributed by atoms with Gasteiger partial charge in [0, 0.05) is 0 Å². The van der Waals surface area contributed by atoms with Gasteiger partial charge in [-0.2, -0.15) is 0 Å². The first-order valence-electron chi connectivity index (χ1n) is 3.31. The van der Waals surface area contributed by atoms with Gasteiger partial charge in [0.05, 0.1) is 0 Å². The largest absolute Gasteiger partial charge is 1.00 e. The van der Waals surface area contributed by atoms with Crippen LogP contribution in [-0.2, 0) is 0 Å². The summed E-state index contributed by atoms with van der Waals surface area (Å²) >= 11 is 0. The van der Waals surface area contributed by atoms with Crippen LogP contribution in [0.5, 0.6) is 0 Å². The van der Waals surface area contributed by atoms with Crippen LogP contribution in [0.3, 0.4) is 0 Å². The van der Waals surface area contributed by atoms with Crippen molar-refractivity contribution in [1.29, 1.82) is 0 Å². The number of hydrogen-bond acceptors (Lipinski definition) is 0. The fourth-order valence-corrected chi connectivity index (χ4v) is 0.570. The SMILES string of the molecule is [C-]#CC#CCCCCC.[Li+]. The van der Waals surface area contributed by atoms with Crippen molar-refractivity contribution in [3.63, 3.8) is 0 Å². The Bertz CT molecular complexity index is 142. The summed E-state index contributed by atoms with van der Waals surface area (Å²) in [7, 11) is 0. The molecule has 0 bridgehead atoms. The van der Waals surface area contributed by atoms with Crippen molar-refractivity contribution in [3.05, 3.63) is 6.42 Å². The number of unbranched alkanes of at least 4 members (excludes halogenated alkanes) is 3. The second-order valence-corrected chi connectivity index (χ2v) is 1.88. The van der Waals surface area contributed by atoms with Crippen LogP contribution in [0.1, 0.15) is 32.6 Å². The molecule has 10 heavy (non-hydrogen) atoms. The zero-order valence-electron chi connectivity index (χ0n) is 6.83. The van der Waals surface area contributed by atoms with Crippen LogP contribution >= 0.6 is 0 Å². The molecule has 0 heterocycles. The Morgan fingerprint density at radius 1 is 1.30 bits per heavy atom. The normalized spacial score (nSPS) is 6.40. The molecule has 0 saturated heterocycles. The third kappa shape index (κ3) is 10.7. The second-order valence-electron chi connectivity index (χ2n) is 1.88. The van der Waals surface area contributed by atoms with E-state index in [0.717, 1.165) is 12.8 Å². The van der Waals surface area contributed by atoms with E-state index in [1.165, 1.54) is 12.8 Å². The molecule has 0 saturated carbocycles. The van der Waals surface area contributed by atoms with Gasteiger partial charge in [-0.15, -0.1) is 0 Å². The maximum Gasteiger partial charge on any atom is 1.00 e. The third-order valence-corrected chi connectivity index (χ3v) is 1.06. The molecule has 0 unspecified atom stereocenters. The predicted octanol–water partition coefficient (Wildman–Crippen LogP) is -0.836. The smallest absolute Gasteiger partial charge is 0.358 e. The van der Waals surface area contributed by atoms with Crippen LogP contribution < -0.4 is 18.9 Å². The molecule has 0 N–H and O–H groups in total. The number of rotatable bonds is 3. The first kappa shape index (κ1) is 12.4. The van der Waals surface area contributed by atoms with Crippen LogP contribution in [0, 0.1) is 24.2 Å². The summed E-state index contributed by atoms with van der Waals surface area (Å²) in [6.45, 7) is 2.16. The van der Waals surface area contributed by atoms with Gasteiger partial charge >= 0.3 is 18.9 Å². The van der Waals surface area contributed by atoms with E-state index in [1.54, 1.807) is 0 Å². The molecular formula is C9H11Li. The summed E-state index contributed by atoms with van der Waals surface area (Å²) in [6, 6.07) is 0. The van der Waals surface area contributed by atoms with E-state index < -0.39 is 0 Å². The summed E-state index contributed by atoms with van der Waals surface area (Å²) in [6.07, 6.45) is 11.0. The molecule has 0 aromatic heterocycles. The van der Waals surface area contributed by atoms with Crippen molar-refractivity contribution in [2.75, 3.05) is 0 Å². The van der Waals surface area contributed by atoms with Gasteiger partial charge in [0.15, 0.2) is 0 Å². The first-order chi connectivity index (χ1) is 4.41. The van der Waals surface area contributed by atoms with Crippen molar-refractivity contribution < 1.29 is 18.9 Å². The topological polar surface area (TPSA) is 0 Å². The zero-order chi connectivity index (χ0) is 6.95. The van der Waals surface area contributed by atoms with Gasteiger partial charge < -0.3 is 6.42 Å². The van der Waals surface area contributed by atoms with Gasteiger partial charge in [-0.1, -0.05) is 19.8 Å². The molecule has 0 atom stereocenters. The molecule has 0 aliphatic carbocycles. The average Bonchev–Trinajstić information content (AvgIpc) is 1.89. The quantitative estimate of drug-likeness (QED) is 0.200. The monoisotopic (exact) mass is 126 g/mol. The molecule has 0 aromatic carbocycles. The van der Waals surface area contributed by atoms with Gasteiger partial charge in [0.2, 0.25) is 0 Å². The summed E-state index contributed by atoms with van der Waals surface area (Å²) < 4.78 is 0. The predicted molar refractivity (Wildman–Crippen MR) is 39.0 cm³/mol. The van der Waals surface area contributed by atoms with Gasteiger partial charge in [0.25, 0.3) is 0 Å². The van der Waals surface area contributed by atoms with Crippen LogP contribution in [0.15, 0.2) is 0 Å². The van der Waals surface area contributed by atoms with Crippen LogP contribution in [0.25, 0.3) is 0 Å². The van der Waals surface area contributed by atoms with E-state index in [9.17, 15) is 0 Å². The van der Waals surface area contributed by atoms with Gasteiger partial charge in [-0.05, 0) is 12.8 Å². The van der Waals surface area contributed by atoms with Crippen molar-refractivity contribution in [1.82, 2.24) is 0 Å².